The van der Waals surface area contributed by atoms with Gasteiger partial charge in [-0.15, -0.1) is 0 Å². The van der Waals surface area contributed by atoms with Crippen LogP contribution in [0.2, 0.25) is 0 Å². The SMILES string of the molecule is COc1ccc(C(=O)C[C@@]2(O)C(=O)N(C)c3ccccc32)c(OC)c1. The first-order valence-corrected chi connectivity index (χ1v) is 7.77. The fraction of sp³-hybridized carbons (Fsp3) is 0.263. The second kappa shape index (κ2) is 6.22. The summed E-state index contributed by atoms with van der Waals surface area (Å²) in [4.78, 5) is 26.7. The lowest BCUT2D eigenvalue weighted by atomic mass is 9.88. The van der Waals surface area contributed by atoms with Crippen molar-refractivity contribution in [3.8, 4) is 11.5 Å². The molecule has 1 atom stereocenters. The van der Waals surface area contributed by atoms with Gasteiger partial charge in [0.15, 0.2) is 11.4 Å². The Bertz CT molecular complexity index is 847. The van der Waals surface area contributed by atoms with E-state index in [0.717, 1.165) is 0 Å². The fourth-order valence-electron chi connectivity index (χ4n) is 3.15. The highest BCUT2D eigenvalue weighted by Gasteiger charge is 2.49. The molecule has 25 heavy (non-hydrogen) atoms. The maximum atomic E-state index is 12.8. The molecule has 0 unspecified atom stereocenters. The van der Waals surface area contributed by atoms with Crippen LogP contribution in [0.3, 0.4) is 0 Å². The first-order chi connectivity index (χ1) is 11.9. The summed E-state index contributed by atoms with van der Waals surface area (Å²) in [7, 11) is 4.55. The minimum Gasteiger partial charge on any atom is -0.497 e. The highest BCUT2D eigenvalue weighted by atomic mass is 16.5. The number of Topliss-reactive ketones (excluding diaryl/α,β-unsaturated/α-hetero) is 1. The molecule has 1 N–H and O–H groups in total. The monoisotopic (exact) mass is 341 g/mol. The minimum atomic E-state index is -1.88. The van der Waals surface area contributed by atoms with E-state index in [1.165, 1.54) is 19.1 Å². The molecule has 2 aromatic carbocycles. The van der Waals surface area contributed by atoms with Crippen LogP contribution in [0.25, 0.3) is 0 Å². The zero-order valence-electron chi connectivity index (χ0n) is 14.3. The van der Waals surface area contributed by atoms with Gasteiger partial charge >= 0.3 is 0 Å². The molecule has 0 radical (unpaired) electrons. The van der Waals surface area contributed by atoms with Crippen LogP contribution in [0.1, 0.15) is 22.3 Å². The van der Waals surface area contributed by atoms with Gasteiger partial charge in [0.25, 0.3) is 5.91 Å². The smallest absolute Gasteiger partial charge is 0.263 e. The first kappa shape index (κ1) is 17.0. The third kappa shape index (κ3) is 2.64. The van der Waals surface area contributed by atoms with Gasteiger partial charge in [0.1, 0.15) is 11.5 Å². The number of hydrogen-bond donors (Lipinski definition) is 1. The number of ether oxygens (including phenoxy) is 2. The molecule has 2 aromatic rings. The molecule has 0 fully saturated rings. The molecule has 1 aliphatic rings. The summed E-state index contributed by atoms with van der Waals surface area (Å²) in [5.41, 5.74) is -0.558. The van der Waals surface area contributed by atoms with E-state index < -0.39 is 11.5 Å². The van der Waals surface area contributed by atoms with E-state index >= 15 is 0 Å². The molecule has 0 saturated heterocycles. The van der Waals surface area contributed by atoms with Crippen molar-refractivity contribution >= 4 is 17.4 Å². The number of para-hydroxylation sites is 1. The van der Waals surface area contributed by atoms with Crippen molar-refractivity contribution in [3.63, 3.8) is 0 Å². The van der Waals surface area contributed by atoms with E-state index in [1.807, 2.05) is 0 Å². The molecule has 130 valence electrons. The standard InChI is InChI=1S/C19H19NO5/c1-20-15-7-5-4-6-14(15)19(23,18(20)22)11-16(21)13-9-8-12(24-2)10-17(13)25-3/h4-10,23H,11H2,1-3H3/t19-/m0/s1. The number of likely N-dealkylation sites (N-methyl/N-ethyl adjacent to an activating group) is 1. The Labute approximate surface area is 145 Å². The molecule has 0 saturated carbocycles. The summed E-state index contributed by atoms with van der Waals surface area (Å²) in [6.45, 7) is 0. The Kier molecular flexibility index (Phi) is 4.22. The summed E-state index contributed by atoms with van der Waals surface area (Å²) in [5, 5.41) is 11.0. The van der Waals surface area contributed by atoms with Crippen molar-refractivity contribution in [2.75, 3.05) is 26.2 Å². The van der Waals surface area contributed by atoms with Crippen LogP contribution in [-0.4, -0.2) is 38.1 Å². The predicted octanol–water partition coefficient (Wildman–Crippen LogP) is 2.14. The van der Waals surface area contributed by atoms with Gasteiger partial charge in [-0.2, -0.15) is 0 Å². The largest absolute Gasteiger partial charge is 0.497 e. The Balaban J connectivity index is 1.97. The molecule has 1 amide bonds. The predicted molar refractivity (Wildman–Crippen MR) is 92.2 cm³/mol. The van der Waals surface area contributed by atoms with Gasteiger partial charge in [-0.05, 0) is 18.2 Å². The molecule has 0 bridgehead atoms. The van der Waals surface area contributed by atoms with Crippen molar-refractivity contribution in [1.82, 2.24) is 0 Å². The Hall–Kier alpha value is -2.86. The number of hydrogen-bond acceptors (Lipinski definition) is 5. The highest BCUT2D eigenvalue weighted by Crippen LogP contribution is 2.42. The van der Waals surface area contributed by atoms with Crippen molar-refractivity contribution < 1.29 is 24.2 Å². The second-order valence-corrected chi connectivity index (χ2v) is 5.91. The lowest BCUT2D eigenvalue weighted by Crippen LogP contribution is -2.40. The van der Waals surface area contributed by atoms with Gasteiger partial charge < -0.3 is 19.5 Å². The number of fused-ring (bicyclic) bond motifs is 1. The average molecular weight is 341 g/mol. The van der Waals surface area contributed by atoms with Crippen molar-refractivity contribution in [1.29, 1.82) is 0 Å². The summed E-state index contributed by atoms with van der Waals surface area (Å²) in [6.07, 6.45) is -0.365. The minimum absolute atomic E-state index is 0.288. The molecule has 6 nitrogen and oxygen atoms in total. The van der Waals surface area contributed by atoms with Crippen LogP contribution < -0.4 is 14.4 Å². The maximum Gasteiger partial charge on any atom is 0.263 e. The van der Waals surface area contributed by atoms with E-state index in [-0.39, 0.29) is 17.8 Å². The maximum absolute atomic E-state index is 12.8. The quantitative estimate of drug-likeness (QED) is 0.843. The van der Waals surface area contributed by atoms with Gasteiger partial charge in [0.2, 0.25) is 0 Å². The zero-order valence-corrected chi connectivity index (χ0v) is 14.3. The number of methoxy groups -OCH3 is 2. The van der Waals surface area contributed by atoms with E-state index in [1.54, 1.807) is 49.5 Å². The highest BCUT2D eigenvalue weighted by molar-refractivity contribution is 6.11. The number of carbonyl (C=O) groups excluding carboxylic acids is 2. The number of carbonyl (C=O) groups is 2. The Morgan fingerprint density at radius 2 is 1.88 bits per heavy atom. The van der Waals surface area contributed by atoms with Gasteiger partial charge in [-0.3, -0.25) is 9.59 Å². The number of benzene rings is 2. The average Bonchev–Trinajstić information content (AvgIpc) is 2.83. The molecule has 0 aliphatic carbocycles. The molecular formula is C19H19NO5. The molecule has 6 heteroatoms. The summed E-state index contributed by atoms with van der Waals surface area (Å²) >= 11 is 0. The van der Waals surface area contributed by atoms with Crippen molar-refractivity contribution in [3.05, 3.63) is 53.6 Å². The van der Waals surface area contributed by atoms with Crippen LogP contribution in [0.4, 0.5) is 5.69 Å². The molecule has 0 aromatic heterocycles. The zero-order chi connectivity index (χ0) is 18.2. The lowest BCUT2D eigenvalue weighted by molar-refractivity contribution is -0.135. The van der Waals surface area contributed by atoms with E-state index in [2.05, 4.69) is 0 Å². The lowest BCUT2D eigenvalue weighted by Gasteiger charge is -2.21. The Morgan fingerprint density at radius 1 is 1.16 bits per heavy atom. The van der Waals surface area contributed by atoms with Crippen LogP contribution in [0, 0.1) is 0 Å². The number of aliphatic hydroxyl groups is 1. The molecule has 0 spiro atoms. The molecule has 1 heterocycles. The van der Waals surface area contributed by atoms with Gasteiger partial charge in [0, 0.05) is 18.7 Å². The summed E-state index contributed by atoms with van der Waals surface area (Å²) in [6, 6.07) is 11.7. The second-order valence-electron chi connectivity index (χ2n) is 5.91. The normalized spacial score (nSPS) is 18.9. The number of anilines is 1. The molecule has 1 aliphatic heterocycles. The number of rotatable bonds is 5. The van der Waals surface area contributed by atoms with Crippen molar-refractivity contribution in [2.45, 2.75) is 12.0 Å². The summed E-state index contributed by atoms with van der Waals surface area (Å²) < 4.78 is 10.4. The van der Waals surface area contributed by atoms with E-state index in [0.29, 0.717) is 22.7 Å². The third-order valence-electron chi connectivity index (χ3n) is 4.49. The number of amides is 1. The number of nitrogens with zero attached hydrogens (tertiary/aromatic N) is 1. The van der Waals surface area contributed by atoms with Crippen LogP contribution in [0.5, 0.6) is 11.5 Å². The van der Waals surface area contributed by atoms with Gasteiger partial charge in [0.05, 0.1) is 31.9 Å². The fourth-order valence-corrected chi connectivity index (χ4v) is 3.15. The van der Waals surface area contributed by atoms with Crippen molar-refractivity contribution in [2.24, 2.45) is 0 Å². The first-order valence-electron chi connectivity index (χ1n) is 7.77. The third-order valence-corrected chi connectivity index (χ3v) is 4.49. The van der Waals surface area contributed by atoms with E-state index in [9.17, 15) is 14.7 Å². The van der Waals surface area contributed by atoms with Gasteiger partial charge in [-0.25, -0.2) is 0 Å². The van der Waals surface area contributed by atoms with Crippen LogP contribution in [0.15, 0.2) is 42.5 Å². The topological polar surface area (TPSA) is 76.1 Å². The Morgan fingerprint density at radius 3 is 2.56 bits per heavy atom. The molecular weight excluding hydrogens is 322 g/mol. The van der Waals surface area contributed by atoms with Crippen LogP contribution in [-0.2, 0) is 10.4 Å². The molecule has 3 rings (SSSR count). The summed E-state index contributed by atoms with van der Waals surface area (Å²) in [5.74, 6) is -0.0239. The number of ketones is 1. The van der Waals surface area contributed by atoms with Crippen LogP contribution >= 0.6 is 0 Å². The van der Waals surface area contributed by atoms with Gasteiger partial charge in [-0.1, -0.05) is 18.2 Å². The van der Waals surface area contributed by atoms with E-state index in [4.69, 9.17) is 9.47 Å².